The lowest BCUT2D eigenvalue weighted by Crippen LogP contribution is -2.31. The van der Waals surface area contributed by atoms with E-state index in [1.54, 1.807) is 6.07 Å². The van der Waals surface area contributed by atoms with Crippen molar-refractivity contribution < 1.29 is 4.39 Å². The molecule has 19 heavy (non-hydrogen) atoms. The fraction of sp³-hybridized carbons (Fsp3) is 0.600. The van der Waals surface area contributed by atoms with E-state index in [1.807, 2.05) is 6.92 Å². The molecule has 0 saturated carbocycles. The van der Waals surface area contributed by atoms with Crippen LogP contribution in [-0.4, -0.2) is 6.54 Å². The van der Waals surface area contributed by atoms with E-state index in [0.29, 0.717) is 16.5 Å². The first kappa shape index (κ1) is 16.7. The van der Waals surface area contributed by atoms with Crippen LogP contribution in [0, 0.1) is 17.2 Å². The van der Waals surface area contributed by atoms with E-state index in [9.17, 15) is 4.39 Å². The Morgan fingerprint density at radius 1 is 1.21 bits per heavy atom. The van der Waals surface area contributed by atoms with Crippen molar-refractivity contribution in [1.82, 2.24) is 5.32 Å². The molecule has 1 aromatic carbocycles. The van der Waals surface area contributed by atoms with Gasteiger partial charge in [0.1, 0.15) is 5.82 Å². The molecule has 0 aromatic heterocycles. The second-order valence-corrected chi connectivity index (χ2v) is 6.94. The van der Waals surface area contributed by atoms with E-state index >= 15 is 0 Å². The third-order valence-electron chi connectivity index (χ3n) is 3.72. The van der Waals surface area contributed by atoms with Crippen molar-refractivity contribution >= 4 is 23.2 Å². The normalized spacial score (nSPS) is 15.4. The summed E-state index contributed by atoms with van der Waals surface area (Å²) in [5, 5.41) is 3.98. The molecule has 1 rings (SSSR count). The maximum Gasteiger partial charge on any atom is 0.142 e. The van der Waals surface area contributed by atoms with Gasteiger partial charge in [-0.1, -0.05) is 50.9 Å². The van der Waals surface area contributed by atoms with E-state index in [1.165, 1.54) is 6.07 Å². The molecule has 0 heterocycles. The van der Waals surface area contributed by atoms with Gasteiger partial charge in [0.15, 0.2) is 0 Å². The van der Waals surface area contributed by atoms with Crippen LogP contribution in [0.1, 0.15) is 46.2 Å². The van der Waals surface area contributed by atoms with Crippen LogP contribution in [0.3, 0.4) is 0 Å². The van der Waals surface area contributed by atoms with Crippen molar-refractivity contribution in [2.24, 2.45) is 11.3 Å². The average molecular weight is 306 g/mol. The summed E-state index contributed by atoms with van der Waals surface area (Å²) in [5.74, 6) is 0.0552. The van der Waals surface area contributed by atoms with Gasteiger partial charge < -0.3 is 5.32 Å². The third-order valence-corrected chi connectivity index (χ3v) is 4.43. The van der Waals surface area contributed by atoms with Crippen molar-refractivity contribution in [3.8, 4) is 0 Å². The molecule has 2 atom stereocenters. The second kappa shape index (κ2) is 6.43. The first-order valence-electron chi connectivity index (χ1n) is 6.51. The van der Waals surface area contributed by atoms with Crippen molar-refractivity contribution in [1.29, 1.82) is 0 Å². The molecule has 0 aliphatic rings. The van der Waals surface area contributed by atoms with Crippen molar-refractivity contribution in [2.75, 3.05) is 6.54 Å². The van der Waals surface area contributed by atoms with Gasteiger partial charge in [-0.25, -0.2) is 4.39 Å². The highest BCUT2D eigenvalue weighted by Crippen LogP contribution is 2.33. The number of nitrogens with one attached hydrogen (secondary N) is 1. The first-order valence-corrected chi connectivity index (χ1v) is 7.27. The number of hydrogen-bond donors (Lipinski definition) is 1. The molecule has 0 fully saturated rings. The molecule has 2 unspecified atom stereocenters. The van der Waals surface area contributed by atoms with Gasteiger partial charge in [-0.2, -0.15) is 0 Å². The summed E-state index contributed by atoms with van der Waals surface area (Å²) in [6, 6.07) is 2.75. The van der Waals surface area contributed by atoms with Crippen molar-refractivity contribution in [2.45, 2.75) is 40.7 Å². The van der Waals surface area contributed by atoms with Crippen LogP contribution in [0.2, 0.25) is 10.0 Å². The Bertz CT molecular complexity index is 441. The van der Waals surface area contributed by atoms with Crippen LogP contribution in [-0.2, 0) is 0 Å². The summed E-state index contributed by atoms with van der Waals surface area (Å²) in [4.78, 5) is 0. The van der Waals surface area contributed by atoms with Gasteiger partial charge in [-0.15, -0.1) is 0 Å². The number of hydrogen-bond acceptors (Lipinski definition) is 1. The molecule has 0 aliphatic heterocycles. The third kappa shape index (κ3) is 4.34. The molecular weight excluding hydrogens is 284 g/mol. The van der Waals surface area contributed by atoms with Crippen LogP contribution < -0.4 is 5.32 Å². The Kier molecular flexibility index (Phi) is 5.66. The van der Waals surface area contributed by atoms with Crippen LogP contribution in [0.4, 0.5) is 4.39 Å². The van der Waals surface area contributed by atoms with Gasteiger partial charge in [0.2, 0.25) is 0 Å². The summed E-state index contributed by atoms with van der Waals surface area (Å²) >= 11 is 12.1. The second-order valence-electron chi connectivity index (χ2n) is 6.15. The minimum atomic E-state index is -0.432. The fourth-order valence-electron chi connectivity index (χ4n) is 1.70. The minimum Gasteiger partial charge on any atom is -0.310 e. The molecule has 0 radical (unpaired) electrons. The molecule has 0 aliphatic carbocycles. The molecule has 1 nitrogen and oxygen atoms in total. The predicted molar refractivity (Wildman–Crippen MR) is 81.5 cm³/mol. The zero-order valence-corrected chi connectivity index (χ0v) is 13.7. The monoisotopic (exact) mass is 305 g/mol. The molecule has 108 valence electrons. The summed E-state index contributed by atoms with van der Waals surface area (Å²) in [7, 11) is 0. The summed E-state index contributed by atoms with van der Waals surface area (Å²) in [5.41, 5.74) is 0.854. The van der Waals surface area contributed by atoms with Gasteiger partial charge in [0, 0.05) is 16.6 Å². The molecule has 0 saturated heterocycles. The topological polar surface area (TPSA) is 12.0 Å². The van der Waals surface area contributed by atoms with Gasteiger partial charge in [-0.3, -0.25) is 0 Å². The van der Waals surface area contributed by atoms with Gasteiger partial charge in [0.25, 0.3) is 0 Å². The highest BCUT2D eigenvalue weighted by molar-refractivity contribution is 6.36. The van der Waals surface area contributed by atoms with Crippen LogP contribution in [0.5, 0.6) is 0 Å². The first-order chi connectivity index (χ1) is 8.64. The summed E-state index contributed by atoms with van der Waals surface area (Å²) in [6.45, 7) is 11.6. The molecule has 4 heteroatoms. The highest BCUT2D eigenvalue weighted by atomic mass is 35.5. The lowest BCUT2D eigenvalue weighted by Gasteiger charge is -2.29. The zero-order valence-electron chi connectivity index (χ0n) is 12.2. The van der Waals surface area contributed by atoms with Gasteiger partial charge >= 0.3 is 0 Å². The Hall–Kier alpha value is -0.310. The van der Waals surface area contributed by atoms with Gasteiger partial charge in [-0.05, 0) is 36.9 Å². The lowest BCUT2D eigenvalue weighted by molar-refractivity contribution is 0.247. The SMILES string of the molecule is CC(NCC(C)C(C)(C)C)c1c(Cl)ccc(F)c1Cl. The molecule has 1 N–H and O–H groups in total. The molecule has 0 bridgehead atoms. The maximum absolute atomic E-state index is 13.5. The molecule has 1 aromatic rings. The number of halogens is 3. The van der Waals surface area contributed by atoms with Crippen molar-refractivity contribution in [3.05, 3.63) is 33.6 Å². The number of benzene rings is 1. The maximum atomic E-state index is 13.5. The van der Waals surface area contributed by atoms with Crippen LogP contribution >= 0.6 is 23.2 Å². The highest BCUT2D eigenvalue weighted by Gasteiger charge is 2.22. The fourth-order valence-corrected chi connectivity index (χ4v) is 2.40. The largest absolute Gasteiger partial charge is 0.310 e. The summed E-state index contributed by atoms with van der Waals surface area (Å²) < 4.78 is 13.5. The molecular formula is C15H22Cl2FN. The van der Waals surface area contributed by atoms with E-state index in [-0.39, 0.29) is 16.5 Å². The van der Waals surface area contributed by atoms with E-state index < -0.39 is 5.82 Å². The standard InChI is InChI=1S/C15H22Cl2FN/c1-9(15(3,4)5)8-19-10(2)13-11(16)6-7-12(18)14(13)17/h6-7,9-10,19H,8H2,1-5H3. The smallest absolute Gasteiger partial charge is 0.142 e. The predicted octanol–water partition coefficient (Wildman–Crippen LogP) is 5.47. The van der Waals surface area contributed by atoms with Crippen LogP contribution in [0.15, 0.2) is 12.1 Å². The minimum absolute atomic E-state index is 0.0829. The Morgan fingerprint density at radius 3 is 2.32 bits per heavy atom. The Morgan fingerprint density at radius 2 is 1.79 bits per heavy atom. The quantitative estimate of drug-likeness (QED) is 0.728. The molecule has 0 amide bonds. The van der Waals surface area contributed by atoms with E-state index in [0.717, 1.165) is 6.54 Å². The summed E-state index contributed by atoms with van der Waals surface area (Å²) in [6.07, 6.45) is 0. The van der Waals surface area contributed by atoms with E-state index in [4.69, 9.17) is 23.2 Å². The van der Waals surface area contributed by atoms with Gasteiger partial charge in [0.05, 0.1) is 5.02 Å². The Labute approximate surface area is 125 Å². The van der Waals surface area contributed by atoms with Crippen LogP contribution in [0.25, 0.3) is 0 Å². The average Bonchev–Trinajstić information content (AvgIpc) is 2.30. The zero-order chi connectivity index (χ0) is 14.8. The number of rotatable bonds is 4. The van der Waals surface area contributed by atoms with E-state index in [2.05, 4.69) is 33.0 Å². The Balaban J connectivity index is 2.80. The van der Waals surface area contributed by atoms with Crippen molar-refractivity contribution in [3.63, 3.8) is 0 Å². The molecule has 0 spiro atoms. The lowest BCUT2D eigenvalue weighted by atomic mass is 9.82.